The average Bonchev–Trinajstić information content (AvgIpc) is 2.72. The van der Waals surface area contributed by atoms with E-state index in [2.05, 4.69) is 0 Å². The molecule has 1 spiro atoms. The van der Waals surface area contributed by atoms with Gasteiger partial charge < -0.3 is 23.9 Å². The van der Waals surface area contributed by atoms with Crippen LogP contribution in [0.25, 0.3) is 0 Å². The highest BCUT2D eigenvalue weighted by molar-refractivity contribution is 6.75. The fourth-order valence-electron chi connectivity index (χ4n) is 4.34. The second-order valence-corrected chi connectivity index (χ2v) is 20.6. The normalized spacial score (nSPS) is 29.8. The van der Waals surface area contributed by atoms with Crippen molar-refractivity contribution in [3.8, 4) is 0 Å². The summed E-state index contributed by atoms with van der Waals surface area (Å²) in [5.74, 6) is -0.779. The summed E-state index contributed by atoms with van der Waals surface area (Å²) in [4.78, 5) is 25.3. The molecule has 1 aromatic rings. The fraction of sp³-hybridized carbons (Fsp3) is 0.667. The van der Waals surface area contributed by atoms with E-state index in [1.807, 2.05) is 77.3 Å². The van der Waals surface area contributed by atoms with Crippen LogP contribution in [-0.2, 0) is 29.9 Å². The molecule has 190 valence electrons. The topological polar surface area (TPSA) is 106 Å². The van der Waals surface area contributed by atoms with Crippen LogP contribution in [0.2, 0.25) is 31.2 Å². The van der Waals surface area contributed by atoms with Crippen molar-refractivity contribution in [3.63, 3.8) is 0 Å². The van der Waals surface area contributed by atoms with Gasteiger partial charge in [0.15, 0.2) is 14.1 Å². The van der Waals surface area contributed by atoms with Crippen molar-refractivity contribution in [1.82, 2.24) is 5.06 Å². The van der Waals surface area contributed by atoms with Gasteiger partial charge in [-0.25, -0.2) is 5.06 Å². The summed E-state index contributed by atoms with van der Waals surface area (Å²) in [5.41, 5.74) is -0.263. The first-order chi connectivity index (χ1) is 15.6. The summed E-state index contributed by atoms with van der Waals surface area (Å²) in [5, 5.41) is 22.4. The van der Waals surface area contributed by atoms with Crippen molar-refractivity contribution in [2.24, 2.45) is 0 Å². The van der Waals surface area contributed by atoms with Crippen LogP contribution >= 0.6 is 0 Å². The Balaban J connectivity index is 1.88. The third-order valence-corrected chi connectivity index (χ3v) is 12.5. The lowest BCUT2D eigenvalue weighted by atomic mass is 9.68. The number of Topliss-reactive ketones (excluding diaryl/α,β-unsaturated/α-hetero) is 1. The monoisotopic (exact) mass is 509 g/mol. The number of amides is 1. The minimum Gasteiger partial charge on any atom is -0.412 e. The van der Waals surface area contributed by atoms with E-state index in [-0.39, 0.29) is 23.8 Å². The number of hydrogen-bond donors (Lipinski definition) is 2. The molecule has 2 N–H and O–H groups in total. The molecule has 1 saturated carbocycles. The number of nitrogens with zero attached hydrogens (tertiary/aromatic N) is 1. The number of aliphatic hydroxyl groups is 2. The van der Waals surface area contributed by atoms with Crippen LogP contribution in [0.15, 0.2) is 30.3 Å². The number of benzene rings is 1. The molecule has 0 bridgehead atoms. The van der Waals surface area contributed by atoms with E-state index >= 15 is 0 Å². The number of ether oxygens (including phenoxy) is 1. The Morgan fingerprint density at radius 1 is 1.09 bits per heavy atom. The standard InChI is InChI=1S/C24H39NO7Si2/c1-23(2,3)34(7,16-30-15-17-11-9-8-10-12-17)32-25-20(27)14-24(25)19(31-33(4,5)6)13-18(26)21(28)22(24)29/h8-12,19,21-22,28-29H,13-16H2,1-7H3/t19-,21+,22+,24-,34?/m0/s1. The Labute approximate surface area is 204 Å². The molecule has 8 nitrogen and oxygen atoms in total. The van der Waals surface area contributed by atoms with Crippen LogP contribution in [0.3, 0.4) is 0 Å². The number of β-lactam (4-membered cyclic amide) rings is 1. The van der Waals surface area contributed by atoms with Crippen LogP contribution in [0.1, 0.15) is 39.2 Å². The van der Waals surface area contributed by atoms with Crippen molar-refractivity contribution in [2.75, 3.05) is 6.23 Å². The summed E-state index contributed by atoms with van der Waals surface area (Å²) < 4.78 is 18.9. The number of carbonyl (C=O) groups excluding carboxylic acids is 2. The summed E-state index contributed by atoms with van der Waals surface area (Å²) in [6.07, 6.45) is -3.62. The third-order valence-electron chi connectivity index (χ3n) is 6.99. The second-order valence-electron chi connectivity index (χ2n) is 11.7. The molecule has 1 aliphatic heterocycles. The van der Waals surface area contributed by atoms with Gasteiger partial charge in [0.25, 0.3) is 8.32 Å². The molecule has 5 atom stereocenters. The number of hydroxylamine groups is 2. The fourth-order valence-corrected chi connectivity index (χ4v) is 7.41. The van der Waals surface area contributed by atoms with Crippen LogP contribution in [0, 0.1) is 0 Å². The molecule has 1 heterocycles. The molecule has 1 aliphatic carbocycles. The molecular formula is C24H39NO7Si2. The molecule has 1 saturated heterocycles. The van der Waals surface area contributed by atoms with Crippen molar-refractivity contribution < 1.29 is 33.5 Å². The highest BCUT2D eigenvalue weighted by Crippen LogP contribution is 2.49. The molecule has 0 radical (unpaired) electrons. The van der Waals surface area contributed by atoms with Crippen molar-refractivity contribution in [3.05, 3.63) is 35.9 Å². The Hall–Kier alpha value is -1.41. The molecular weight excluding hydrogens is 470 g/mol. The van der Waals surface area contributed by atoms with Crippen molar-refractivity contribution in [1.29, 1.82) is 0 Å². The van der Waals surface area contributed by atoms with E-state index in [0.717, 1.165) is 5.56 Å². The van der Waals surface area contributed by atoms with Crippen LogP contribution in [0.5, 0.6) is 0 Å². The van der Waals surface area contributed by atoms with E-state index in [1.54, 1.807) is 0 Å². The van der Waals surface area contributed by atoms with Crippen molar-refractivity contribution >= 4 is 28.3 Å². The van der Waals surface area contributed by atoms with Crippen LogP contribution in [-0.4, -0.2) is 73.7 Å². The molecule has 2 fully saturated rings. The zero-order valence-electron chi connectivity index (χ0n) is 21.3. The van der Waals surface area contributed by atoms with Crippen molar-refractivity contribution in [2.45, 2.75) is 95.3 Å². The number of carbonyl (C=O) groups is 2. The summed E-state index contributed by atoms with van der Waals surface area (Å²) >= 11 is 0. The summed E-state index contributed by atoms with van der Waals surface area (Å²) in [6, 6.07) is 9.82. The molecule has 1 unspecified atom stereocenters. The van der Waals surface area contributed by atoms with Gasteiger partial charge >= 0.3 is 0 Å². The molecule has 1 aromatic carbocycles. The smallest absolute Gasteiger partial charge is 0.257 e. The van der Waals surface area contributed by atoms with Crippen LogP contribution in [0.4, 0.5) is 0 Å². The zero-order chi connectivity index (χ0) is 25.5. The SMILES string of the molecule is CC(C)(C)[Si](C)(COCc1ccccc1)ON1C(=O)C[C@@]12[C@@H](O[Si](C)(C)C)CC(=O)[C@@H](O)[C@H]2O. The van der Waals surface area contributed by atoms with E-state index in [9.17, 15) is 19.8 Å². The molecule has 0 aromatic heterocycles. The van der Waals surface area contributed by atoms with Gasteiger partial charge in [0.2, 0.25) is 5.91 Å². The predicted molar refractivity (Wildman–Crippen MR) is 133 cm³/mol. The van der Waals surface area contributed by atoms with Gasteiger partial charge in [0.05, 0.1) is 25.4 Å². The van der Waals surface area contributed by atoms with Gasteiger partial charge in [0.1, 0.15) is 17.7 Å². The maximum absolute atomic E-state index is 12.9. The van der Waals surface area contributed by atoms with Gasteiger partial charge in [-0.1, -0.05) is 51.1 Å². The first-order valence-electron chi connectivity index (χ1n) is 11.8. The Bertz CT molecular complexity index is 901. The number of aliphatic hydroxyl groups excluding tert-OH is 2. The molecule has 3 rings (SSSR count). The molecule has 1 amide bonds. The quantitative estimate of drug-likeness (QED) is 0.410. The lowest BCUT2D eigenvalue weighted by molar-refractivity contribution is -0.278. The maximum Gasteiger partial charge on any atom is 0.257 e. The lowest BCUT2D eigenvalue weighted by Crippen LogP contribution is -2.81. The minimum absolute atomic E-state index is 0.0485. The van der Waals surface area contributed by atoms with Crippen LogP contribution < -0.4 is 0 Å². The lowest BCUT2D eigenvalue weighted by Gasteiger charge is -2.61. The number of ketones is 1. The highest BCUT2D eigenvalue weighted by atomic mass is 28.4. The number of rotatable bonds is 8. The Morgan fingerprint density at radius 3 is 2.24 bits per heavy atom. The molecule has 2 aliphatic rings. The highest BCUT2D eigenvalue weighted by Gasteiger charge is 2.68. The van der Waals surface area contributed by atoms with E-state index in [4.69, 9.17) is 13.7 Å². The molecule has 10 heteroatoms. The zero-order valence-corrected chi connectivity index (χ0v) is 23.3. The summed E-state index contributed by atoms with van der Waals surface area (Å²) in [6.45, 7) is 14.5. The first-order valence-corrected chi connectivity index (χ1v) is 17.8. The van der Waals surface area contributed by atoms with Gasteiger partial charge in [-0.05, 0) is 36.8 Å². The van der Waals surface area contributed by atoms with E-state index < -0.39 is 46.3 Å². The summed E-state index contributed by atoms with van der Waals surface area (Å²) in [7, 11) is -4.94. The Morgan fingerprint density at radius 2 is 1.71 bits per heavy atom. The van der Waals surface area contributed by atoms with Gasteiger partial charge in [-0.3, -0.25) is 9.59 Å². The Kier molecular flexibility index (Phi) is 7.65. The number of hydrogen-bond acceptors (Lipinski definition) is 7. The molecule has 34 heavy (non-hydrogen) atoms. The van der Waals surface area contributed by atoms with E-state index in [0.29, 0.717) is 12.8 Å². The predicted octanol–water partition coefficient (Wildman–Crippen LogP) is 2.94. The first kappa shape index (κ1) is 27.2. The van der Waals surface area contributed by atoms with Gasteiger partial charge in [0, 0.05) is 6.42 Å². The largest absolute Gasteiger partial charge is 0.412 e. The maximum atomic E-state index is 12.9. The average molecular weight is 510 g/mol. The van der Waals surface area contributed by atoms with E-state index in [1.165, 1.54) is 5.06 Å². The van der Waals surface area contributed by atoms with Gasteiger partial charge in [-0.2, -0.15) is 0 Å². The van der Waals surface area contributed by atoms with Gasteiger partial charge in [-0.15, -0.1) is 0 Å². The minimum atomic E-state index is -2.79. The third kappa shape index (κ3) is 5.23. The second kappa shape index (κ2) is 9.57.